The summed E-state index contributed by atoms with van der Waals surface area (Å²) in [4.78, 5) is 11.6. The molecule has 1 N–H and O–H groups in total. The number of benzene rings is 2. The minimum atomic E-state index is -0.352. The van der Waals surface area contributed by atoms with E-state index in [1.165, 1.54) is 6.07 Å². The van der Waals surface area contributed by atoms with E-state index in [1.807, 2.05) is 55.5 Å². The van der Waals surface area contributed by atoms with Gasteiger partial charge in [0.15, 0.2) is 0 Å². The molecule has 0 bridgehead atoms. The number of anilines is 2. The van der Waals surface area contributed by atoms with Crippen LogP contribution >= 0.6 is 0 Å². The smallest absolute Gasteiger partial charge is 0.338 e. The van der Waals surface area contributed by atoms with Gasteiger partial charge in [-0.1, -0.05) is 29.8 Å². The maximum Gasteiger partial charge on any atom is 0.338 e. The van der Waals surface area contributed by atoms with Gasteiger partial charge in [0.25, 0.3) is 0 Å². The molecule has 3 nitrogen and oxygen atoms in total. The highest BCUT2D eigenvalue weighted by Gasteiger charge is 2.05. The predicted molar refractivity (Wildman–Crippen MR) is 76.9 cm³/mol. The van der Waals surface area contributed by atoms with Gasteiger partial charge in [0.2, 0.25) is 0 Å². The molecular weight excluding hydrogens is 238 g/mol. The van der Waals surface area contributed by atoms with Crippen LogP contribution in [0.5, 0.6) is 0 Å². The van der Waals surface area contributed by atoms with Crippen molar-refractivity contribution in [3.05, 3.63) is 70.6 Å². The molecule has 0 saturated carbocycles. The van der Waals surface area contributed by atoms with E-state index in [1.54, 1.807) is 0 Å². The van der Waals surface area contributed by atoms with Crippen molar-refractivity contribution in [1.82, 2.24) is 0 Å². The molecular formula is C16H13NO2. The van der Waals surface area contributed by atoms with E-state index < -0.39 is 0 Å². The first-order chi connectivity index (χ1) is 9.22. The summed E-state index contributed by atoms with van der Waals surface area (Å²) >= 11 is 0. The lowest BCUT2D eigenvalue weighted by Gasteiger charge is -2.09. The molecule has 3 aromatic rings. The molecule has 0 atom stereocenters. The molecule has 0 fully saturated rings. The predicted octanol–water partition coefficient (Wildman–Crippen LogP) is 3.85. The normalized spacial score (nSPS) is 10.6. The molecule has 94 valence electrons. The molecule has 0 aliphatic rings. The average Bonchev–Trinajstić information content (AvgIpc) is 2.41. The standard InChI is InChI=1S/C16H13NO2/c1-11-7-8-15-13(9-11)14(10-16(18)19-15)17-12-5-3-2-4-6-12/h2-10,17H,1H3. The summed E-state index contributed by atoms with van der Waals surface area (Å²) in [5.41, 5.74) is 3.07. The third-order valence-electron chi connectivity index (χ3n) is 2.95. The van der Waals surface area contributed by atoms with Crippen molar-refractivity contribution in [2.75, 3.05) is 5.32 Å². The van der Waals surface area contributed by atoms with Crippen LogP contribution in [-0.4, -0.2) is 0 Å². The van der Waals surface area contributed by atoms with Crippen LogP contribution in [0.25, 0.3) is 11.0 Å². The average molecular weight is 251 g/mol. The van der Waals surface area contributed by atoms with Gasteiger partial charge in [-0.2, -0.15) is 0 Å². The lowest BCUT2D eigenvalue weighted by atomic mass is 10.1. The van der Waals surface area contributed by atoms with Crippen molar-refractivity contribution in [3.63, 3.8) is 0 Å². The number of rotatable bonds is 2. The number of hydrogen-bond donors (Lipinski definition) is 1. The van der Waals surface area contributed by atoms with Gasteiger partial charge < -0.3 is 9.73 Å². The van der Waals surface area contributed by atoms with Crippen LogP contribution in [0.15, 0.2) is 63.8 Å². The second kappa shape index (κ2) is 4.61. The van der Waals surface area contributed by atoms with Gasteiger partial charge in [-0.3, -0.25) is 0 Å². The first-order valence-corrected chi connectivity index (χ1v) is 6.09. The summed E-state index contributed by atoms with van der Waals surface area (Å²) in [6.45, 7) is 2.01. The molecule has 0 saturated heterocycles. The third-order valence-corrected chi connectivity index (χ3v) is 2.95. The number of hydrogen-bond acceptors (Lipinski definition) is 3. The summed E-state index contributed by atoms with van der Waals surface area (Å²) < 4.78 is 5.20. The van der Waals surface area contributed by atoms with Crippen molar-refractivity contribution in [1.29, 1.82) is 0 Å². The van der Waals surface area contributed by atoms with Crippen molar-refractivity contribution in [2.45, 2.75) is 6.92 Å². The van der Waals surface area contributed by atoms with Crippen LogP contribution in [0.3, 0.4) is 0 Å². The lowest BCUT2D eigenvalue weighted by Crippen LogP contribution is -2.01. The van der Waals surface area contributed by atoms with E-state index in [0.717, 1.165) is 22.3 Å². The van der Waals surface area contributed by atoms with Crippen molar-refractivity contribution < 1.29 is 4.42 Å². The first kappa shape index (κ1) is 11.5. The fourth-order valence-electron chi connectivity index (χ4n) is 2.06. The Bertz CT molecular complexity index is 776. The Morgan fingerprint density at radius 3 is 2.58 bits per heavy atom. The maximum atomic E-state index is 11.6. The highest BCUT2D eigenvalue weighted by atomic mass is 16.4. The minimum Gasteiger partial charge on any atom is -0.423 e. The molecule has 0 aliphatic carbocycles. The van der Waals surface area contributed by atoms with Gasteiger partial charge in [0, 0.05) is 17.1 Å². The largest absolute Gasteiger partial charge is 0.423 e. The second-order valence-electron chi connectivity index (χ2n) is 4.47. The molecule has 0 amide bonds. The van der Waals surface area contributed by atoms with Gasteiger partial charge in [-0.05, 0) is 31.2 Å². The summed E-state index contributed by atoms with van der Waals surface area (Å²) in [6, 6.07) is 17.0. The zero-order chi connectivity index (χ0) is 13.2. The summed E-state index contributed by atoms with van der Waals surface area (Å²) in [5.74, 6) is 0. The van der Waals surface area contributed by atoms with Gasteiger partial charge in [-0.15, -0.1) is 0 Å². The van der Waals surface area contributed by atoms with Gasteiger partial charge in [0.1, 0.15) is 5.58 Å². The van der Waals surface area contributed by atoms with E-state index in [4.69, 9.17) is 4.42 Å². The highest BCUT2D eigenvalue weighted by molar-refractivity contribution is 5.91. The molecule has 3 heteroatoms. The van der Waals surface area contributed by atoms with Crippen molar-refractivity contribution in [3.8, 4) is 0 Å². The van der Waals surface area contributed by atoms with Crippen molar-refractivity contribution in [2.24, 2.45) is 0 Å². The Kier molecular flexibility index (Phi) is 2.80. The van der Waals surface area contributed by atoms with Gasteiger partial charge in [-0.25, -0.2) is 4.79 Å². The fourth-order valence-corrected chi connectivity index (χ4v) is 2.06. The number of nitrogens with one attached hydrogen (secondary N) is 1. The quantitative estimate of drug-likeness (QED) is 0.703. The van der Waals surface area contributed by atoms with Gasteiger partial charge in [0.05, 0.1) is 5.69 Å². The van der Waals surface area contributed by atoms with Crippen LogP contribution in [0, 0.1) is 6.92 Å². The third kappa shape index (κ3) is 2.36. The molecule has 0 spiro atoms. The van der Waals surface area contributed by atoms with Crippen LogP contribution < -0.4 is 10.9 Å². The fraction of sp³-hybridized carbons (Fsp3) is 0.0625. The highest BCUT2D eigenvalue weighted by Crippen LogP contribution is 2.25. The molecule has 0 radical (unpaired) electrons. The summed E-state index contributed by atoms with van der Waals surface area (Å²) in [7, 11) is 0. The molecule has 0 aliphatic heterocycles. The van der Waals surface area contributed by atoms with Crippen LogP contribution in [0.4, 0.5) is 11.4 Å². The van der Waals surface area contributed by atoms with E-state index in [-0.39, 0.29) is 5.63 Å². The first-order valence-electron chi connectivity index (χ1n) is 6.09. The maximum absolute atomic E-state index is 11.6. The molecule has 0 unspecified atom stereocenters. The Morgan fingerprint density at radius 1 is 1.00 bits per heavy atom. The van der Waals surface area contributed by atoms with Crippen LogP contribution in [-0.2, 0) is 0 Å². The van der Waals surface area contributed by atoms with E-state index in [2.05, 4.69) is 5.32 Å². The van der Waals surface area contributed by atoms with E-state index in [9.17, 15) is 4.79 Å². The Morgan fingerprint density at radius 2 is 1.79 bits per heavy atom. The summed E-state index contributed by atoms with van der Waals surface area (Å²) in [6.07, 6.45) is 0. The Labute approximate surface area is 110 Å². The van der Waals surface area contributed by atoms with Gasteiger partial charge >= 0.3 is 5.63 Å². The van der Waals surface area contributed by atoms with E-state index >= 15 is 0 Å². The summed E-state index contributed by atoms with van der Waals surface area (Å²) in [5, 5.41) is 4.16. The molecule has 19 heavy (non-hydrogen) atoms. The monoisotopic (exact) mass is 251 g/mol. The Hall–Kier alpha value is -2.55. The zero-order valence-corrected chi connectivity index (χ0v) is 10.5. The molecule has 2 aromatic carbocycles. The SMILES string of the molecule is Cc1ccc2oc(=O)cc(Nc3ccccc3)c2c1. The second-order valence-corrected chi connectivity index (χ2v) is 4.47. The lowest BCUT2D eigenvalue weighted by molar-refractivity contribution is 0.561. The number of aryl methyl sites for hydroxylation is 1. The number of fused-ring (bicyclic) bond motifs is 1. The Balaban J connectivity index is 2.17. The molecule has 1 heterocycles. The zero-order valence-electron chi connectivity index (χ0n) is 10.5. The minimum absolute atomic E-state index is 0.352. The topological polar surface area (TPSA) is 42.2 Å². The van der Waals surface area contributed by atoms with Crippen LogP contribution in [0.2, 0.25) is 0 Å². The van der Waals surface area contributed by atoms with Crippen LogP contribution in [0.1, 0.15) is 5.56 Å². The molecule has 1 aromatic heterocycles. The van der Waals surface area contributed by atoms with E-state index in [0.29, 0.717) is 5.58 Å². The molecule has 3 rings (SSSR count). The number of para-hydroxylation sites is 1. The van der Waals surface area contributed by atoms with Crippen molar-refractivity contribution >= 4 is 22.3 Å².